The topological polar surface area (TPSA) is 90.4 Å². The molecule has 5 aliphatic rings. The van der Waals surface area contributed by atoms with Crippen LogP contribution in [0.4, 0.5) is 0 Å². The molecule has 1 unspecified atom stereocenters. The standard InChI is InChI=1S/C28H41N3O5/c1-4-15-29-16-9-13-27(3)21(24(29)33)22-25(34)31(19(5-2)18-32)23-26(35)30(20-11-7-6-8-12-20)17-10-14-28(22,23)36-27/h9-10,13-14,19-23,32H,4-8,11-12,15-18H2,1-3H3/t19-,21-,22-,23?,27+,28-/m0/s1. The molecule has 6 atom stereocenters. The van der Waals surface area contributed by atoms with E-state index in [1.54, 1.807) is 9.80 Å². The number of hydrogen-bond donors (Lipinski definition) is 1. The molecular weight excluding hydrogens is 458 g/mol. The van der Waals surface area contributed by atoms with Crippen molar-refractivity contribution in [3.8, 4) is 0 Å². The molecule has 1 spiro atoms. The Morgan fingerprint density at radius 2 is 1.72 bits per heavy atom. The van der Waals surface area contributed by atoms with Gasteiger partial charge in [-0.05, 0) is 32.6 Å². The van der Waals surface area contributed by atoms with Crippen molar-refractivity contribution in [1.82, 2.24) is 14.7 Å². The second-order valence-corrected chi connectivity index (χ2v) is 11.4. The van der Waals surface area contributed by atoms with Crippen LogP contribution in [0.2, 0.25) is 0 Å². The number of carbonyl (C=O) groups is 3. The van der Waals surface area contributed by atoms with Crippen molar-refractivity contribution < 1.29 is 24.2 Å². The lowest BCUT2D eigenvalue weighted by atomic mass is 9.74. The molecule has 0 radical (unpaired) electrons. The minimum atomic E-state index is -1.24. The van der Waals surface area contributed by atoms with Gasteiger partial charge in [-0.2, -0.15) is 0 Å². The molecule has 4 heterocycles. The number of hydrogen-bond acceptors (Lipinski definition) is 5. The summed E-state index contributed by atoms with van der Waals surface area (Å²) in [5, 5.41) is 10.3. The number of likely N-dealkylation sites (tertiary alicyclic amines) is 1. The molecule has 3 amide bonds. The third kappa shape index (κ3) is 3.66. The molecule has 1 N–H and O–H groups in total. The van der Waals surface area contributed by atoms with Crippen molar-refractivity contribution >= 4 is 17.7 Å². The van der Waals surface area contributed by atoms with Gasteiger partial charge in [-0.25, -0.2) is 0 Å². The minimum absolute atomic E-state index is 0.0912. The number of aliphatic hydroxyl groups is 1. The van der Waals surface area contributed by atoms with Crippen molar-refractivity contribution in [1.29, 1.82) is 0 Å². The molecule has 0 aromatic carbocycles. The van der Waals surface area contributed by atoms with Gasteiger partial charge in [0.2, 0.25) is 17.7 Å². The number of rotatable bonds is 6. The highest BCUT2D eigenvalue weighted by molar-refractivity contribution is 6.00. The van der Waals surface area contributed by atoms with E-state index in [0.717, 1.165) is 32.1 Å². The zero-order valence-electron chi connectivity index (χ0n) is 21.9. The molecular formula is C28H41N3O5. The second kappa shape index (κ2) is 9.60. The Labute approximate surface area is 214 Å². The van der Waals surface area contributed by atoms with E-state index in [1.807, 2.05) is 50.0 Å². The van der Waals surface area contributed by atoms with Crippen LogP contribution in [0, 0.1) is 11.8 Å². The Hall–Kier alpha value is -2.19. The summed E-state index contributed by atoms with van der Waals surface area (Å²) < 4.78 is 6.86. The molecule has 0 aromatic heterocycles. The van der Waals surface area contributed by atoms with Gasteiger partial charge in [0, 0.05) is 25.7 Å². The predicted molar refractivity (Wildman–Crippen MR) is 135 cm³/mol. The molecule has 5 rings (SSSR count). The molecule has 8 nitrogen and oxygen atoms in total. The first-order valence-corrected chi connectivity index (χ1v) is 13.9. The van der Waals surface area contributed by atoms with E-state index in [4.69, 9.17) is 4.74 Å². The molecule has 0 aromatic rings. The lowest BCUT2D eigenvalue weighted by Crippen LogP contribution is -2.60. The van der Waals surface area contributed by atoms with Crippen molar-refractivity contribution in [3.63, 3.8) is 0 Å². The molecule has 0 bridgehead atoms. The number of nitrogens with zero attached hydrogens (tertiary/aromatic N) is 3. The van der Waals surface area contributed by atoms with Crippen LogP contribution < -0.4 is 0 Å². The van der Waals surface area contributed by atoms with Gasteiger partial charge in [-0.1, -0.05) is 57.4 Å². The molecule has 8 heteroatoms. The number of ether oxygens (including phenoxy) is 1. The maximum Gasteiger partial charge on any atom is 0.249 e. The third-order valence-corrected chi connectivity index (χ3v) is 9.19. The molecule has 1 aliphatic carbocycles. The number of carbonyl (C=O) groups excluding carboxylic acids is 3. The Balaban J connectivity index is 1.63. The van der Waals surface area contributed by atoms with E-state index < -0.39 is 35.1 Å². The quantitative estimate of drug-likeness (QED) is 0.567. The summed E-state index contributed by atoms with van der Waals surface area (Å²) in [5.74, 6) is -1.99. The van der Waals surface area contributed by atoms with Crippen LogP contribution in [0.3, 0.4) is 0 Å². The van der Waals surface area contributed by atoms with E-state index in [0.29, 0.717) is 26.1 Å². The van der Waals surface area contributed by atoms with Crippen LogP contribution in [0.5, 0.6) is 0 Å². The summed E-state index contributed by atoms with van der Waals surface area (Å²) in [6.07, 6.45) is 14.4. The fourth-order valence-corrected chi connectivity index (χ4v) is 7.53. The molecule has 2 saturated heterocycles. The smallest absolute Gasteiger partial charge is 0.249 e. The lowest BCUT2D eigenvalue weighted by Gasteiger charge is -2.42. The summed E-state index contributed by atoms with van der Waals surface area (Å²) in [6, 6.07) is -1.26. The highest BCUT2D eigenvalue weighted by Crippen LogP contribution is 2.58. The van der Waals surface area contributed by atoms with Crippen LogP contribution in [0.25, 0.3) is 0 Å². The molecule has 36 heavy (non-hydrogen) atoms. The number of amides is 3. The van der Waals surface area contributed by atoms with Gasteiger partial charge < -0.3 is 24.5 Å². The first-order chi connectivity index (χ1) is 17.3. The second-order valence-electron chi connectivity index (χ2n) is 11.4. The average molecular weight is 500 g/mol. The van der Waals surface area contributed by atoms with Gasteiger partial charge in [0.15, 0.2) is 0 Å². The monoisotopic (exact) mass is 499 g/mol. The van der Waals surface area contributed by atoms with Gasteiger partial charge in [0.1, 0.15) is 11.6 Å². The fraction of sp³-hybridized carbons (Fsp3) is 0.750. The van der Waals surface area contributed by atoms with E-state index in [1.165, 1.54) is 6.42 Å². The zero-order valence-corrected chi connectivity index (χ0v) is 21.9. The minimum Gasteiger partial charge on any atom is -0.394 e. The van der Waals surface area contributed by atoms with E-state index in [2.05, 4.69) is 0 Å². The van der Waals surface area contributed by atoms with Crippen LogP contribution in [0.1, 0.15) is 65.7 Å². The molecule has 4 aliphatic heterocycles. The highest BCUT2D eigenvalue weighted by Gasteiger charge is 2.75. The fourth-order valence-electron chi connectivity index (χ4n) is 7.53. The Morgan fingerprint density at radius 3 is 2.39 bits per heavy atom. The third-order valence-electron chi connectivity index (χ3n) is 9.19. The predicted octanol–water partition coefficient (Wildman–Crippen LogP) is 2.27. The van der Waals surface area contributed by atoms with E-state index in [9.17, 15) is 19.5 Å². The summed E-state index contributed by atoms with van der Waals surface area (Å²) in [5.41, 5.74) is -2.23. The van der Waals surface area contributed by atoms with Crippen LogP contribution in [-0.2, 0) is 19.1 Å². The lowest BCUT2D eigenvalue weighted by molar-refractivity contribution is -0.157. The first kappa shape index (κ1) is 25.5. The SMILES string of the molecule is CCCN1CC=C[C@@]2(C)O[C@]34C=CCN(C5CCCCC5)C(=O)C3N([C@@H](CC)CO)C(=O)[C@@H]4[C@H]2C1=O. The van der Waals surface area contributed by atoms with Crippen LogP contribution in [0.15, 0.2) is 24.3 Å². The van der Waals surface area contributed by atoms with E-state index in [-0.39, 0.29) is 30.4 Å². The summed E-state index contributed by atoms with van der Waals surface area (Å²) in [7, 11) is 0. The first-order valence-electron chi connectivity index (χ1n) is 13.9. The summed E-state index contributed by atoms with van der Waals surface area (Å²) >= 11 is 0. The number of aliphatic hydroxyl groups excluding tert-OH is 1. The number of fused-ring (bicyclic) bond motifs is 2. The zero-order chi connectivity index (χ0) is 25.7. The van der Waals surface area contributed by atoms with Crippen molar-refractivity contribution in [2.75, 3.05) is 26.2 Å². The normalized spacial score (nSPS) is 37.6. The Kier molecular flexibility index (Phi) is 6.79. The Bertz CT molecular complexity index is 955. The Morgan fingerprint density at radius 1 is 1.00 bits per heavy atom. The summed E-state index contributed by atoms with van der Waals surface area (Å²) in [6.45, 7) is 7.17. The van der Waals surface area contributed by atoms with Crippen LogP contribution >= 0.6 is 0 Å². The molecule has 198 valence electrons. The van der Waals surface area contributed by atoms with Gasteiger partial charge >= 0.3 is 0 Å². The largest absolute Gasteiger partial charge is 0.394 e. The maximum absolute atomic E-state index is 14.4. The van der Waals surface area contributed by atoms with Crippen molar-refractivity contribution in [3.05, 3.63) is 24.3 Å². The average Bonchev–Trinajstić information content (AvgIpc) is 3.14. The summed E-state index contributed by atoms with van der Waals surface area (Å²) in [4.78, 5) is 48.0. The van der Waals surface area contributed by atoms with Crippen LogP contribution in [-0.4, -0.2) is 93.1 Å². The molecule has 1 saturated carbocycles. The highest BCUT2D eigenvalue weighted by atomic mass is 16.5. The van der Waals surface area contributed by atoms with Crippen molar-refractivity contribution in [2.24, 2.45) is 11.8 Å². The molecule has 3 fully saturated rings. The van der Waals surface area contributed by atoms with Gasteiger partial charge in [0.05, 0.1) is 30.1 Å². The van der Waals surface area contributed by atoms with Crippen molar-refractivity contribution in [2.45, 2.75) is 95.0 Å². The van der Waals surface area contributed by atoms with Gasteiger partial charge in [-0.15, -0.1) is 0 Å². The van der Waals surface area contributed by atoms with Gasteiger partial charge in [-0.3, -0.25) is 14.4 Å². The maximum atomic E-state index is 14.4. The van der Waals surface area contributed by atoms with E-state index >= 15 is 0 Å². The van der Waals surface area contributed by atoms with Gasteiger partial charge in [0.25, 0.3) is 0 Å².